The van der Waals surface area contributed by atoms with Crippen molar-refractivity contribution in [3.8, 4) is 5.75 Å². The number of carboxylic acids is 1. The number of aldehydes is 1. The van der Waals surface area contributed by atoms with Gasteiger partial charge in [-0.3, -0.25) is 19.7 Å². The molecule has 0 aliphatic heterocycles. The van der Waals surface area contributed by atoms with E-state index in [0.29, 0.717) is 12.7 Å². The van der Waals surface area contributed by atoms with Gasteiger partial charge in [0.15, 0.2) is 6.29 Å². The average molecular weight is 290 g/mol. The second-order valence-corrected chi connectivity index (χ2v) is 3.44. The molecule has 8 heteroatoms. The minimum atomic E-state index is -0.930. The van der Waals surface area contributed by atoms with Crippen LogP contribution in [0, 0.1) is 10.1 Å². The molecule has 104 valence electrons. The van der Waals surface area contributed by atoms with Crippen LogP contribution in [0.2, 0.25) is 0 Å². The lowest BCUT2D eigenvalue weighted by molar-refractivity contribution is -0.385. The van der Waals surface area contributed by atoms with Gasteiger partial charge in [-0.25, -0.2) is 0 Å². The first kappa shape index (κ1) is 16.9. The zero-order valence-corrected chi connectivity index (χ0v) is 10.6. The summed E-state index contributed by atoms with van der Waals surface area (Å²) in [5.74, 6) is -0.696. The number of nitrogens with zero attached hydrogens (tertiary/aromatic N) is 1. The van der Waals surface area contributed by atoms with Gasteiger partial charge in [-0.15, -0.1) is 12.4 Å². The molecule has 1 rings (SSSR count). The first-order chi connectivity index (χ1) is 8.54. The smallest absolute Gasteiger partial charge is 0.303 e. The summed E-state index contributed by atoms with van der Waals surface area (Å²) in [5.41, 5.74) is -0.362. The van der Waals surface area contributed by atoms with Gasteiger partial charge in [-0.1, -0.05) is 0 Å². The van der Waals surface area contributed by atoms with E-state index in [1.54, 1.807) is 0 Å². The molecule has 0 heterocycles. The molecule has 1 N–H and O–H groups in total. The van der Waals surface area contributed by atoms with Gasteiger partial charge in [0.25, 0.3) is 5.69 Å². The highest BCUT2D eigenvalue weighted by atomic mass is 35.5. The normalized spacial score (nSPS) is 9.26. The molecular formula is C11H12ClNO6. The SMILES string of the molecule is Cl.O=Cc1ccc(OCCCC(=O)O)cc1[N+](=O)[O-]. The van der Waals surface area contributed by atoms with E-state index in [1.165, 1.54) is 12.1 Å². The van der Waals surface area contributed by atoms with Gasteiger partial charge in [0.1, 0.15) is 5.75 Å². The van der Waals surface area contributed by atoms with Gasteiger partial charge in [-0.2, -0.15) is 0 Å². The van der Waals surface area contributed by atoms with Crippen LogP contribution < -0.4 is 4.74 Å². The molecule has 0 unspecified atom stereocenters. The summed E-state index contributed by atoms with van der Waals surface area (Å²) in [7, 11) is 0. The van der Waals surface area contributed by atoms with Crippen LogP contribution in [0.4, 0.5) is 5.69 Å². The van der Waals surface area contributed by atoms with Crippen molar-refractivity contribution in [1.82, 2.24) is 0 Å². The number of nitro benzene ring substituents is 1. The lowest BCUT2D eigenvalue weighted by Gasteiger charge is -2.05. The monoisotopic (exact) mass is 289 g/mol. The molecule has 7 nitrogen and oxygen atoms in total. The van der Waals surface area contributed by atoms with E-state index in [0.717, 1.165) is 6.07 Å². The standard InChI is InChI=1S/C11H11NO6.ClH/c13-7-8-3-4-9(6-10(8)12(16)17)18-5-1-2-11(14)15;/h3-4,6-7H,1-2,5H2,(H,14,15);1H. The minimum Gasteiger partial charge on any atom is -0.493 e. The summed E-state index contributed by atoms with van der Waals surface area (Å²) in [4.78, 5) is 30.8. The van der Waals surface area contributed by atoms with Crippen LogP contribution in [-0.2, 0) is 4.79 Å². The van der Waals surface area contributed by atoms with Gasteiger partial charge >= 0.3 is 5.97 Å². The van der Waals surface area contributed by atoms with E-state index in [-0.39, 0.29) is 42.4 Å². The van der Waals surface area contributed by atoms with Crippen molar-refractivity contribution in [3.05, 3.63) is 33.9 Å². The molecule has 0 amide bonds. The number of carboxylic acid groups (broad SMARTS) is 1. The number of hydrogen-bond donors (Lipinski definition) is 1. The summed E-state index contributed by atoms with van der Waals surface area (Å²) in [6.45, 7) is 0.143. The summed E-state index contributed by atoms with van der Waals surface area (Å²) in [5, 5.41) is 19.1. The first-order valence-electron chi connectivity index (χ1n) is 5.13. The summed E-state index contributed by atoms with van der Waals surface area (Å²) in [6, 6.07) is 3.86. The fraction of sp³-hybridized carbons (Fsp3) is 0.273. The Bertz CT molecular complexity index is 476. The third-order valence-electron chi connectivity index (χ3n) is 2.13. The maximum absolute atomic E-state index is 10.7. The highest BCUT2D eigenvalue weighted by Crippen LogP contribution is 2.23. The Labute approximate surface area is 114 Å². The predicted octanol–water partition coefficient (Wildman–Crippen LogP) is 2.07. The van der Waals surface area contributed by atoms with E-state index >= 15 is 0 Å². The highest BCUT2D eigenvalue weighted by Gasteiger charge is 2.14. The second kappa shape index (κ2) is 8.04. The number of aliphatic carboxylic acids is 1. The molecule has 0 saturated heterocycles. The third kappa shape index (κ3) is 5.35. The molecule has 0 radical (unpaired) electrons. The molecule has 1 aromatic rings. The van der Waals surface area contributed by atoms with E-state index in [9.17, 15) is 19.7 Å². The van der Waals surface area contributed by atoms with Gasteiger partial charge < -0.3 is 9.84 Å². The predicted molar refractivity (Wildman–Crippen MR) is 68.1 cm³/mol. The third-order valence-corrected chi connectivity index (χ3v) is 2.13. The second-order valence-electron chi connectivity index (χ2n) is 3.44. The van der Waals surface area contributed by atoms with Gasteiger partial charge in [0.2, 0.25) is 0 Å². The highest BCUT2D eigenvalue weighted by molar-refractivity contribution is 5.85. The molecule has 0 bridgehead atoms. The number of rotatable bonds is 7. The Balaban J connectivity index is 0.00000324. The maximum Gasteiger partial charge on any atom is 0.303 e. The van der Waals surface area contributed by atoms with Crippen molar-refractivity contribution in [1.29, 1.82) is 0 Å². The number of carbonyl (C=O) groups excluding carboxylic acids is 1. The average Bonchev–Trinajstić information content (AvgIpc) is 2.34. The van der Waals surface area contributed by atoms with Crippen molar-refractivity contribution in [2.24, 2.45) is 0 Å². The topological polar surface area (TPSA) is 107 Å². The number of ether oxygens (including phenoxy) is 1. The van der Waals surface area contributed by atoms with E-state index in [1.807, 2.05) is 0 Å². The number of carbonyl (C=O) groups is 2. The minimum absolute atomic E-state index is 0. The van der Waals surface area contributed by atoms with E-state index in [2.05, 4.69) is 0 Å². The molecule has 1 aromatic carbocycles. The van der Waals surface area contributed by atoms with Crippen LogP contribution in [0.15, 0.2) is 18.2 Å². The van der Waals surface area contributed by atoms with Crippen LogP contribution in [0.5, 0.6) is 5.75 Å². The number of nitro groups is 1. The van der Waals surface area contributed by atoms with E-state index in [4.69, 9.17) is 9.84 Å². The van der Waals surface area contributed by atoms with Crippen LogP contribution >= 0.6 is 12.4 Å². The Morgan fingerprint density at radius 3 is 2.68 bits per heavy atom. The van der Waals surface area contributed by atoms with Crippen LogP contribution in [-0.4, -0.2) is 28.9 Å². The number of halogens is 1. The number of benzene rings is 1. The van der Waals surface area contributed by atoms with Gasteiger partial charge in [0.05, 0.1) is 23.2 Å². The largest absolute Gasteiger partial charge is 0.493 e. The van der Waals surface area contributed by atoms with Crippen molar-refractivity contribution in [2.75, 3.05) is 6.61 Å². The molecule has 0 spiro atoms. The van der Waals surface area contributed by atoms with Crippen molar-refractivity contribution in [2.45, 2.75) is 12.8 Å². The van der Waals surface area contributed by atoms with Crippen molar-refractivity contribution < 1.29 is 24.4 Å². The van der Waals surface area contributed by atoms with Gasteiger partial charge in [0, 0.05) is 6.42 Å². The Morgan fingerprint density at radius 1 is 1.47 bits per heavy atom. The Kier molecular flexibility index (Phi) is 7.13. The fourth-order valence-corrected chi connectivity index (χ4v) is 1.28. The lowest BCUT2D eigenvalue weighted by atomic mass is 10.2. The molecule has 0 atom stereocenters. The fourth-order valence-electron chi connectivity index (χ4n) is 1.28. The molecule has 0 aliphatic rings. The molecule has 0 fully saturated rings. The van der Waals surface area contributed by atoms with Crippen LogP contribution in [0.25, 0.3) is 0 Å². The van der Waals surface area contributed by atoms with E-state index < -0.39 is 10.9 Å². The Hall–Kier alpha value is -2.15. The molecule has 0 aliphatic carbocycles. The molecular weight excluding hydrogens is 278 g/mol. The maximum atomic E-state index is 10.7. The lowest BCUT2D eigenvalue weighted by Crippen LogP contribution is -2.03. The zero-order chi connectivity index (χ0) is 13.5. The van der Waals surface area contributed by atoms with Crippen molar-refractivity contribution >= 4 is 30.3 Å². The molecule has 0 saturated carbocycles. The van der Waals surface area contributed by atoms with Crippen molar-refractivity contribution in [3.63, 3.8) is 0 Å². The Morgan fingerprint density at radius 2 is 2.16 bits per heavy atom. The quantitative estimate of drug-likeness (QED) is 0.356. The summed E-state index contributed by atoms with van der Waals surface area (Å²) >= 11 is 0. The summed E-state index contributed by atoms with van der Waals surface area (Å²) in [6.07, 6.45) is 0.666. The summed E-state index contributed by atoms with van der Waals surface area (Å²) < 4.78 is 5.16. The van der Waals surface area contributed by atoms with Crippen LogP contribution in [0.1, 0.15) is 23.2 Å². The first-order valence-corrected chi connectivity index (χ1v) is 5.13. The molecule has 19 heavy (non-hydrogen) atoms. The number of hydrogen-bond acceptors (Lipinski definition) is 5. The van der Waals surface area contributed by atoms with Crippen LogP contribution in [0.3, 0.4) is 0 Å². The van der Waals surface area contributed by atoms with Gasteiger partial charge in [-0.05, 0) is 18.6 Å². The zero-order valence-electron chi connectivity index (χ0n) is 9.77. The molecule has 0 aromatic heterocycles.